The standard InChI is InChI=1S/C37H58Cl2N4O10/c1-37(2,3)30-8-6-29(7-9-30)28-43(36(45)35(40-4)42-41-31-26-32(38)34(44)33(39)27-31)10-11-47-14-15-49-18-19-51-22-23-53-25-24-52-21-20-50-17-16-48-13-12-46-5/h6-9,26-27,41,44H,10-25,28H2,1-5H3,(H,40,42). The first kappa shape index (κ1) is 46.4. The number of aromatic hydroxyl groups is 1. The van der Waals surface area contributed by atoms with Crippen LogP contribution in [0.1, 0.15) is 31.9 Å². The minimum atomic E-state index is -0.342. The number of amides is 1. The summed E-state index contributed by atoms with van der Waals surface area (Å²) in [6, 6.07) is 11.2. The SMILES string of the molecule is CN=C(NNc1cc(Cl)c(O)c(Cl)c1)C(=O)N(CCOCCOCCOCCOCCOCCOCCOCCOC)Cc1ccc(C(C)(C)C)cc1. The molecular formula is C37H58Cl2N4O10. The molecule has 0 heterocycles. The highest BCUT2D eigenvalue weighted by atomic mass is 35.5. The van der Waals surface area contributed by atoms with E-state index in [1.165, 1.54) is 24.7 Å². The Labute approximate surface area is 324 Å². The number of anilines is 1. The minimum absolute atomic E-state index is 0.00974. The summed E-state index contributed by atoms with van der Waals surface area (Å²) < 4.78 is 43.6. The molecule has 0 aliphatic carbocycles. The van der Waals surface area contributed by atoms with Gasteiger partial charge in [0.1, 0.15) is 0 Å². The van der Waals surface area contributed by atoms with Gasteiger partial charge in [-0.25, -0.2) is 0 Å². The molecule has 2 rings (SSSR count). The molecule has 0 spiro atoms. The van der Waals surface area contributed by atoms with Crippen LogP contribution in [-0.2, 0) is 54.6 Å². The molecule has 0 fully saturated rings. The number of halogens is 2. The van der Waals surface area contributed by atoms with Gasteiger partial charge in [0.2, 0.25) is 5.84 Å². The lowest BCUT2D eigenvalue weighted by Crippen LogP contribution is -2.46. The zero-order valence-corrected chi connectivity index (χ0v) is 33.3. The molecule has 14 nitrogen and oxygen atoms in total. The van der Waals surface area contributed by atoms with E-state index in [1.807, 2.05) is 12.1 Å². The van der Waals surface area contributed by atoms with Crippen molar-refractivity contribution in [3.05, 3.63) is 57.6 Å². The van der Waals surface area contributed by atoms with Gasteiger partial charge in [0, 0.05) is 27.2 Å². The van der Waals surface area contributed by atoms with E-state index in [4.69, 9.17) is 61.1 Å². The maximum absolute atomic E-state index is 13.6. The van der Waals surface area contributed by atoms with Crippen LogP contribution in [0.25, 0.3) is 0 Å². The van der Waals surface area contributed by atoms with Crippen LogP contribution in [0.5, 0.6) is 5.75 Å². The van der Waals surface area contributed by atoms with Crippen molar-refractivity contribution in [1.82, 2.24) is 10.3 Å². The summed E-state index contributed by atoms with van der Waals surface area (Å²) in [4.78, 5) is 19.5. The number of ether oxygens (including phenoxy) is 8. The largest absolute Gasteiger partial charge is 0.505 e. The molecule has 2 aromatic rings. The topological polar surface area (TPSA) is 151 Å². The van der Waals surface area contributed by atoms with Gasteiger partial charge in [-0.15, -0.1) is 0 Å². The van der Waals surface area contributed by atoms with Gasteiger partial charge >= 0.3 is 0 Å². The number of carbonyl (C=O) groups excluding carboxylic acids is 1. The number of carbonyl (C=O) groups is 1. The van der Waals surface area contributed by atoms with Gasteiger partial charge in [0.25, 0.3) is 5.91 Å². The molecule has 0 aromatic heterocycles. The van der Waals surface area contributed by atoms with Gasteiger partial charge < -0.3 is 47.9 Å². The zero-order chi connectivity index (χ0) is 38.7. The predicted octanol–water partition coefficient (Wildman–Crippen LogP) is 4.73. The van der Waals surface area contributed by atoms with E-state index in [-0.39, 0.29) is 39.6 Å². The Kier molecular flexibility index (Phi) is 24.3. The average molecular weight is 790 g/mol. The normalized spacial score (nSPS) is 11.9. The molecule has 0 radical (unpaired) electrons. The first-order valence-electron chi connectivity index (χ1n) is 17.7. The number of phenols is 1. The second-order valence-electron chi connectivity index (χ2n) is 12.6. The third-order valence-electron chi connectivity index (χ3n) is 7.42. The van der Waals surface area contributed by atoms with E-state index in [0.717, 1.165) is 5.56 Å². The Hall–Kier alpha value is -2.76. The van der Waals surface area contributed by atoms with Gasteiger partial charge in [-0.2, -0.15) is 0 Å². The Morgan fingerprint density at radius 1 is 0.717 bits per heavy atom. The molecule has 0 atom stereocenters. The monoisotopic (exact) mass is 788 g/mol. The van der Waals surface area contributed by atoms with Crippen LogP contribution in [0.15, 0.2) is 41.4 Å². The van der Waals surface area contributed by atoms with Gasteiger partial charge in [0.05, 0.1) is 115 Å². The number of benzene rings is 2. The maximum atomic E-state index is 13.6. The molecule has 16 heteroatoms. The molecule has 2 aromatic carbocycles. The van der Waals surface area contributed by atoms with Crippen LogP contribution in [0, 0.1) is 0 Å². The average Bonchev–Trinajstić information content (AvgIpc) is 3.13. The number of rotatable bonds is 28. The Morgan fingerprint density at radius 2 is 1.13 bits per heavy atom. The van der Waals surface area contributed by atoms with Crippen molar-refractivity contribution in [2.24, 2.45) is 4.99 Å². The van der Waals surface area contributed by atoms with E-state index in [1.54, 1.807) is 12.0 Å². The number of nitrogens with zero attached hydrogens (tertiary/aromatic N) is 2. The highest BCUT2D eigenvalue weighted by Crippen LogP contribution is 2.34. The Bertz CT molecular complexity index is 1290. The molecule has 3 N–H and O–H groups in total. The van der Waals surface area contributed by atoms with Crippen LogP contribution in [0.2, 0.25) is 10.0 Å². The lowest BCUT2D eigenvalue weighted by atomic mass is 9.87. The number of hydrazine groups is 1. The quantitative estimate of drug-likeness (QED) is 0.0360. The summed E-state index contributed by atoms with van der Waals surface area (Å²) in [7, 11) is 3.15. The van der Waals surface area contributed by atoms with Crippen molar-refractivity contribution in [3.63, 3.8) is 0 Å². The molecule has 53 heavy (non-hydrogen) atoms. The van der Waals surface area contributed by atoms with Gasteiger partial charge in [-0.1, -0.05) is 68.2 Å². The summed E-state index contributed by atoms with van der Waals surface area (Å²) in [6.45, 7) is 14.1. The number of amidine groups is 1. The second-order valence-corrected chi connectivity index (χ2v) is 13.4. The van der Waals surface area contributed by atoms with Crippen LogP contribution < -0.4 is 10.9 Å². The summed E-state index contributed by atoms with van der Waals surface area (Å²) in [5.41, 5.74) is 8.32. The van der Waals surface area contributed by atoms with E-state index in [2.05, 4.69) is 48.7 Å². The Morgan fingerprint density at radius 3 is 1.53 bits per heavy atom. The van der Waals surface area contributed by atoms with Crippen LogP contribution in [0.4, 0.5) is 5.69 Å². The zero-order valence-electron chi connectivity index (χ0n) is 31.8. The van der Waals surface area contributed by atoms with E-state index in [9.17, 15) is 9.90 Å². The molecular weight excluding hydrogens is 731 g/mol. The number of hydrogen-bond donors (Lipinski definition) is 3. The van der Waals surface area contributed by atoms with E-state index in [0.29, 0.717) is 111 Å². The minimum Gasteiger partial charge on any atom is -0.505 e. The lowest BCUT2D eigenvalue weighted by molar-refractivity contribution is -0.125. The number of phenolic OH excluding ortho intramolecular Hbond substituents is 1. The third-order valence-corrected chi connectivity index (χ3v) is 7.99. The molecule has 0 aliphatic rings. The fraction of sp³-hybridized carbons (Fsp3) is 0.622. The fourth-order valence-electron chi connectivity index (χ4n) is 4.45. The summed E-state index contributed by atoms with van der Waals surface area (Å²) in [5, 5.41) is 9.98. The number of aliphatic imine (C=N–C) groups is 1. The molecule has 300 valence electrons. The van der Waals surface area contributed by atoms with Crippen molar-refractivity contribution >= 4 is 40.6 Å². The highest BCUT2D eigenvalue weighted by Gasteiger charge is 2.21. The summed E-state index contributed by atoms with van der Waals surface area (Å²) in [5.74, 6) is -0.502. The summed E-state index contributed by atoms with van der Waals surface area (Å²) in [6.07, 6.45) is 0. The molecule has 0 unspecified atom stereocenters. The van der Waals surface area contributed by atoms with Crippen molar-refractivity contribution < 1.29 is 47.8 Å². The molecule has 0 saturated carbocycles. The highest BCUT2D eigenvalue weighted by molar-refractivity contribution is 6.38. The van der Waals surface area contributed by atoms with Crippen LogP contribution in [-0.4, -0.2) is 142 Å². The smallest absolute Gasteiger partial charge is 0.291 e. The fourth-order valence-corrected chi connectivity index (χ4v) is 4.93. The van der Waals surface area contributed by atoms with E-state index < -0.39 is 0 Å². The maximum Gasteiger partial charge on any atom is 0.291 e. The molecule has 1 amide bonds. The molecule has 0 aliphatic heterocycles. The first-order valence-corrected chi connectivity index (χ1v) is 18.4. The summed E-state index contributed by atoms with van der Waals surface area (Å²) >= 11 is 12.1. The van der Waals surface area contributed by atoms with Crippen molar-refractivity contribution in [2.45, 2.75) is 32.7 Å². The van der Waals surface area contributed by atoms with E-state index >= 15 is 0 Å². The van der Waals surface area contributed by atoms with Gasteiger partial charge in [0.15, 0.2) is 5.75 Å². The first-order chi connectivity index (χ1) is 25.6. The second kappa shape index (κ2) is 27.8. The lowest BCUT2D eigenvalue weighted by Gasteiger charge is -2.25. The third kappa shape index (κ3) is 20.5. The number of methoxy groups -OCH3 is 1. The van der Waals surface area contributed by atoms with Gasteiger partial charge in [-0.05, 0) is 28.7 Å². The van der Waals surface area contributed by atoms with Crippen LogP contribution in [0.3, 0.4) is 0 Å². The predicted molar refractivity (Wildman–Crippen MR) is 206 cm³/mol. The van der Waals surface area contributed by atoms with Crippen molar-refractivity contribution in [2.75, 3.05) is 125 Å². The van der Waals surface area contributed by atoms with Gasteiger partial charge in [-0.3, -0.25) is 20.6 Å². The van der Waals surface area contributed by atoms with Crippen molar-refractivity contribution in [1.29, 1.82) is 0 Å². The van der Waals surface area contributed by atoms with Crippen molar-refractivity contribution in [3.8, 4) is 5.75 Å². The van der Waals surface area contributed by atoms with Crippen LogP contribution >= 0.6 is 23.2 Å². The number of hydrogen-bond acceptors (Lipinski definition) is 12. The molecule has 0 bridgehead atoms. The number of nitrogens with one attached hydrogen (secondary N) is 2. The molecule has 0 saturated heterocycles. The Balaban J connectivity index is 1.64.